The number of carbonyl (C=O) groups excluding carboxylic acids is 1. The number of thiazole rings is 1. The predicted molar refractivity (Wildman–Crippen MR) is 90.5 cm³/mol. The standard InChI is InChI=1S/C16H15N3O5S/c1-9(16(21)22)18(11-5-6-11)15(20)13-8-25-14(17-13)10-3-2-4-12(7-10)19(23)24/h2-4,7-9,11H,5-6H2,1H3,(H,21,22). The molecule has 1 heterocycles. The highest BCUT2D eigenvalue weighted by molar-refractivity contribution is 7.13. The molecule has 1 amide bonds. The molecule has 1 aliphatic rings. The number of nitro benzene ring substituents is 1. The molecule has 0 saturated heterocycles. The SMILES string of the molecule is CC(C(=O)O)N(C(=O)c1csc(-c2cccc([N+](=O)[O-])c2)n1)C1CC1. The Morgan fingerprint density at radius 3 is 2.76 bits per heavy atom. The number of aromatic nitrogens is 1. The first kappa shape index (κ1) is 17.0. The third-order valence-corrected chi connectivity index (χ3v) is 4.87. The van der Waals surface area contributed by atoms with Gasteiger partial charge in [-0.05, 0) is 19.8 Å². The van der Waals surface area contributed by atoms with Gasteiger partial charge in [0.15, 0.2) is 0 Å². The molecule has 1 fully saturated rings. The molecule has 130 valence electrons. The fourth-order valence-electron chi connectivity index (χ4n) is 2.52. The van der Waals surface area contributed by atoms with Crippen molar-refractivity contribution in [3.8, 4) is 10.6 Å². The van der Waals surface area contributed by atoms with Crippen LogP contribution >= 0.6 is 11.3 Å². The van der Waals surface area contributed by atoms with Gasteiger partial charge in [-0.3, -0.25) is 14.9 Å². The average molecular weight is 361 g/mol. The van der Waals surface area contributed by atoms with Crippen LogP contribution in [0.1, 0.15) is 30.3 Å². The number of non-ortho nitro benzene ring substituents is 1. The highest BCUT2D eigenvalue weighted by atomic mass is 32.1. The summed E-state index contributed by atoms with van der Waals surface area (Å²) in [5.41, 5.74) is 0.647. The summed E-state index contributed by atoms with van der Waals surface area (Å²) in [7, 11) is 0. The van der Waals surface area contributed by atoms with Crippen LogP contribution in [0.4, 0.5) is 5.69 Å². The minimum Gasteiger partial charge on any atom is -0.480 e. The van der Waals surface area contributed by atoms with E-state index in [1.165, 1.54) is 35.3 Å². The van der Waals surface area contributed by atoms with Gasteiger partial charge in [0.05, 0.1) is 4.92 Å². The molecule has 1 unspecified atom stereocenters. The molecule has 1 atom stereocenters. The second-order valence-corrected chi connectivity index (χ2v) is 6.66. The normalized spacial score (nSPS) is 14.8. The molecule has 2 aromatic rings. The summed E-state index contributed by atoms with van der Waals surface area (Å²) in [6, 6.07) is 5.01. The van der Waals surface area contributed by atoms with Crippen LogP contribution in [-0.4, -0.2) is 43.9 Å². The zero-order chi connectivity index (χ0) is 18.1. The summed E-state index contributed by atoms with van der Waals surface area (Å²) in [4.78, 5) is 40.0. The van der Waals surface area contributed by atoms with Crippen LogP contribution in [0.25, 0.3) is 10.6 Å². The highest BCUT2D eigenvalue weighted by Crippen LogP contribution is 2.32. The van der Waals surface area contributed by atoms with Gasteiger partial charge in [0, 0.05) is 29.1 Å². The van der Waals surface area contributed by atoms with Gasteiger partial charge in [0.2, 0.25) is 0 Å². The first-order valence-electron chi connectivity index (χ1n) is 7.64. The zero-order valence-corrected chi connectivity index (χ0v) is 14.1. The first-order valence-corrected chi connectivity index (χ1v) is 8.52. The van der Waals surface area contributed by atoms with Gasteiger partial charge in [-0.2, -0.15) is 0 Å². The third kappa shape index (κ3) is 3.50. The average Bonchev–Trinajstić information content (AvgIpc) is 3.29. The van der Waals surface area contributed by atoms with E-state index >= 15 is 0 Å². The van der Waals surface area contributed by atoms with Gasteiger partial charge >= 0.3 is 5.97 Å². The van der Waals surface area contributed by atoms with Crippen molar-refractivity contribution < 1.29 is 19.6 Å². The van der Waals surface area contributed by atoms with Crippen LogP contribution in [0.5, 0.6) is 0 Å². The molecule has 1 N–H and O–H groups in total. The van der Waals surface area contributed by atoms with Crippen molar-refractivity contribution in [2.45, 2.75) is 31.8 Å². The number of carboxylic acid groups (broad SMARTS) is 1. The second-order valence-electron chi connectivity index (χ2n) is 5.80. The summed E-state index contributed by atoms with van der Waals surface area (Å²) in [6.07, 6.45) is 1.57. The van der Waals surface area contributed by atoms with E-state index in [2.05, 4.69) is 4.98 Å². The summed E-state index contributed by atoms with van der Waals surface area (Å²) in [5, 5.41) is 22.1. The summed E-state index contributed by atoms with van der Waals surface area (Å²) in [5.74, 6) is -1.49. The maximum absolute atomic E-state index is 12.7. The maximum Gasteiger partial charge on any atom is 0.326 e. The molecule has 9 heteroatoms. The summed E-state index contributed by atoms with van der Waals surface area (Å²) in [6.45, 7) is 1.48. The van der Waals surface area contributed by atoms with Gasteiger partial charge in [-0.1, -0.05) is 12.1 Å². The third-order valence-electron chi connectivity index (χ3n) is 3.98. The Labute approximate surface area is 146 Å². The van der Waals surface area contributed by atoms with Gasteiger partial charge in [0.1, 0.15) is 16.7 Å². The van der Waals surface area contributed by atoms with Crippen LogP contribution in [0.3, 0.4) is 0 Å². The van der Waals surface area contributed by atoms with Crippen molar-refractivity contribution in [2.75, 3.05) is 0 Å². The van der Waals surface area contributed by atoms with Gasteiger partial charge in [-0.15, -0.1) is 11.3 Å². The Bertz CT molecular complexity index is 846. The number of carboxylic acids is 1. The van der Waals surface area contributed by atoms with E-state index in [9.17, 15) is 24.8 Å². The van der Waals surface area contributed by atoms with Gasteiger partial charge in [-0.25, -0.2) is 9.78 Å². The lowest BCUT2D eigenvalue weighted by Crippen LogP contribution is -2.44. The molecule has 0 radical (unpaired) electrons. The number of amides is 1. The number of hydrogen-bond donors (Lipinski definition) is 1. The molecule has 0 bridgehead atoms. The minimum atomic E-state index is -1.06. The molecular weight excluding hydrogens is 346 g/mol. The van der Waals surface area contributed by atoms with E-state index in [-0.39, 0.29) is 17.4 Å². The first-order chi connectivity index (χ1) is 11.9. The number of carbonyl (C=O) groups is 2. The molecule has 0 spiro atoms. The van der Waals surface area contributed by atoms with Crippen LogP contribution < -0.4 is 0 Å². The molecule has 1 aromatic carbocycles. The lowest BCUT2D eigenvalue weighted by Gasteiger charge is -2.25. The number of nitrogens with zero attached hydrogens (tertiary/aromatic N) is 3. The van der Waals surface area contributed by atoms with Crippen molar-refractivity contribution in [3.05, 3.63) is 45.5 Å². The Morgan fingerprint density at radius 2 is 2.16 bits per heavy atom. The van der Waals surface area contributed by atoms with E-state index < -0.39 is 22.8 Å². The predicted octanol–water partition coefficient (Wildman–Crippen LogP) is 2.80. The van der Waals surface area contributed by atoms with Crippen molar-refractivity contribution in [3.63, 3.8) is 0 Å². The van der Waals surface area contributed by atoms with Crippen LogP contribution in [-0.2, 0) is 4.79 Å². The minimum absolute atomic E-state index is 0.0558. The molecule has 1 saturated carbocycles. The molecular formula is C16H15N3O5S. The number of benzene rings is 1. The van der Waals surface area contributed by atoms with Gasteiger partial charge < -0.3 is 10.0 Å². The lowest BCUT2D eigenvalue weighted by atomic mass is 10.2. The molecule has 8 nitrogen and oxygen atoms in total. The second kappa shape index (κ2) is 6.60. The van der Waals surface area contributed by atoms with E-state index in [0.29, 0.717) is 10.6 Å². The van der Waals surface area contributed by atoms with Crippen LogP contribution in [0.2, 0.25) is 0 Å². The summed E-state index contributed by atoms with van der Waals surface area (Å²) < 4.78 is 0. The lowest BCUT2D eigenvalue weighted by molar-refractivity contribution is -0.384. The van der Waals surface area contributed by atoms with Crippen molar-refractivity contribution >= 4 is 28.9 Å². The fourth-order valence-corrected chi connectivity index (χ4v) is 3.31. The van der Waals surface area contributed by atoms with E-state index in [1.807, 2.05) is 0 Å². The highest BCUT2D eigenvalue weighted by Gasteiger charge is 2.39. The molecule has 25 heavy (non-hydrogen) atoms. The molecule has 0 aliphatic heterocycles. The Morgan fingerprint density at radius 1 is 1.44 bits per heavy atom. The number of aliphatic carboxylic acids is 1. The monoisotopic (exact) mass is 361 g/mol. The largest absolute Gasteiger partial charge is 0.480 e. The van der Waals surface area contributed by atoms with E-state index in [1.54, 1.807) is 17.5 Å². The van der Waals surface area contributed by atoms with Crippen molar-refractivity contribution in [1.29, 1.82) is 0 Å². The maximum atomic E-state index is 12.7. The molecule has 1 aliphatic carbocycles. The molecule has 3 rings (SSSR count). The molecule has 1 aromatic heterocycles. The quantitative estimate of drug-likeness (QED) is 0.625. The van der Waals surface area contributed by atoms with Gasteiger partial charge in [0.25, 0.3) is 11.6 Å². The number of rotatable bonds is 6. The van der Waals surface area contributed by atoms with Crippen LogP contribution in [0, 0.1) is 10.1 Å². The Balaban J connectivity index is 1.87. The number of nitro groups is 1. The Hall–Kier alpha value is -2.81. The van der Waals surface area contributed by atoms with Crippen molar-refractivity contribution in [2.24, 2.45) is 0 Å². The van der Waals surface area contributed by atoms with E-state index in [4.69, 9.17) is 0 Å². The van der Waals surface area contributed by atoms with Crippen molar-refractivity contribution in [1.82, 2.24) is 9.88 Å². The number of hydrogen-bond acceptors (Lipinski definition) is 6. The Kier molecular flexibility index (Phi) is 4.49. The summed E-state index contributed by atoms with van der Waals surface area (Å²) >= 11 is 1.19. The van der Waals surface area contributed by atoms with Crippen LogP contribution in [0.15, 0.2) is 29.6 Å². The topological polar surface area (TPSA) is 114 Å². The fraction of sp³-hybridized carbons (Fsp3) is 0.312. The van der Waals surface area contributed by atoms with E-state index in [0.717, 1.165) is 12.8 Å². The zero-order valence-electron chi connectivity index (χ0n) is 13.3. The smallest absolute Gasteiger partial charge is 0.326 e.